The van der Waals surface area contributed by atoms with E-state index in [1.54, 1.807) is 11.1 Å². The molecule has 3 rings (SSSR count). The summed E-state index contributed by atoms with van der Waals surface area (Å²) in [5, 5.41) is 14.6. The largest absolute Gasteiger partial charge is 0.387 e. The van der Waals surface area contributed by atoms with Gasteiger partial charge in [-0.25, -0.2) is 0 Å². The lowest BCUT2D eigenvalue weighted by Crippen LogP contribution is -2.35. The standard InChI is InChI=1S/C20H33N3O/c1-5-19(24)18-13-16-14-22(11-12-23(16)21-18)10-8-17-15(2)7-6-9-20(17,3)4/h13,19,24H,5-12,14H2,1-4H3. The molecule has 2 heterocycles. The lowest BCUT2D eigenvalue weighted by molar-refractivity contribution is 0.166. The van der Waals surface area contributed by atoms with Crippen LogP contribution in [0.25, 0.3) is 0 Å². The molecule has 1 aliphatic heterocycles. The van der Waals surface area contributed by atoms with E-state index in [1.165, 1.54) is 31.4 Å². The van der Waals surface area contributed by atoms with Gasteiger partial charge in [0.15, 0.2) is 0 Å². The Morgan fingerprint density at radius 3 is 2.83 bits per heavy atom. The maximum Gasteiger partial charge on any atom is 0.0975 e. The SMILES string of the molecule is CCC(O)c1cc2n(n1)CCN(CCC1=C(C)CCCC1(C)C)C2. The second-order valence-corrected chi connectivity index (χ2v) is 8.23. The molecule has 0 radical (unpaired) electrons. The quantitative estimate of drug-likeness (QED) is 0.827. The summed E-state index contributed by atoms with van der Waals surface area (Å²) in [7, 11) is 0. The smallest absolute Gasteiger partial charge is 0.0975 e. The van der Waals surface area contributed by atoms with Crippen LogP contribution in [0.5, 0.6) is 0 Å². The minimum atomic E-state index is -0.424. The molecule has 1 aliphatic carbocycles. The van der Waals surface area contributed by atoms with Crippen molar-refractivity contribution >= 4 is 0 Å². The van der Waals surface area contributed by atoms with E-state index in [0.717, 1.165) is 38.3 Å². The molecule has 0 fully saturated rings. The molecule has 0 aromatic carbocycles. The molecule has 2 aliphatic rings. The summed E-state index contributed by atoms with van der Waals surface area (Å²) < 4.78 is 2.08. The van der Waals surface area contributed by atoms with Crippen LogP contribution in [-0.2, 0) is 13.1 Å². The van der Waals surface area contributed by atoms with Gasteiger partial charge in [0.1, 0.15) is 0 Å². The van der Waals surface area contributed by atoms with Crippen molar-refractivity contribution in [2.75, 3.05) is 13.1 Å². The minimum absolute atomic E-state index is 0.373. The summed E-state index contributed by atoms with van der Waals surface area (Å²) >= 11 is 0. The maximum atomic E-state index is 10.0. The van der Waals surface area contributed by atoms with E-state index in [9.17, 15) is 5.11 Å². The van der Waals surface area contributed by atoms with Crippen LogP contribution in [0.1, 0.15) is 77.3 Å². The topological polar surface area (TPSA) is 41.3 Å². The van der Waals surface area contributed by atoms with Crippen LogP contribution >= 0.6 is 0 Å². The predicted molar refractivity (Wildman–Crippen MR) is 97.7 cm³/mol. The molecule has 0 saturated carbocycles. The monoisotopic (exact) mass is 331 g/mol. The van der Waals surface area contributed by atoms with Gasteiger partial charge in [-0.05, 0) is 50.5 Å². The fourth-order valence-corrected chi connectivity index (χ4v) is 4.40. The van der Waals surface area contributed by atoms with Crippen molar-refractivity contribution in [2.45, 2.75) is 79.0 Å². The average molecular weight is 332 g/mol. The van der Waals surface area contributed by atoms with Gasteiger partial charge in [-0.2, -0.15) is 5.10 Å². The Hall–Kier alpha value is -1.13. The number of aromatic nitrogens is 2. The van der Waals surface area contributed by atoms with Gasteiger partial charge in [-0.15, -0.1) is 0 Å². The normalized spacial score (nSPS) is 22.5. The van der Waals surface area contributed by atoms with E-state index in [-0.39, 0.29) is 0 Å². The second kappa shape index (κ2) is 7.01. The molecule has 1 aromatic rings. The first-order valence-electron chi connectivity index (χ1n) is 9.57. The molecule has 4 heteroatoms. The maximum absolute atomic E-state index is 10.0. The van der Waals surface area contributed by atoms with Gasteiger partial charge in [0.25, 0.3) is 0 Å². The molecule has 0 spiro atoms. The molecule has 1 N–H and O–H groups in total. The number of hydrogen-bond acceptors (Lipinski definition) is 3. The molecule has 24 heavy (non-hydrogen) atoms. The predicted octanol–water partition coefficient (Wildman–Crippen LogP) is 4.06. The van der Waals surface area contributed by atoms with E-state index >= 15 is 0 Å². The Morgan fingerprint density at radius 1 is 1.33 bits per heavy atom. The Balaban J connectivity index is 1.63. The van der Waals surface area contributed by atoms with Crippen molar-refractivity contribution < 1.29 is 5.11 Å². The van der Waals surface area contributed by atoms with E-state index in [1.807, 2.05) is 6.92 Å². The summed E-state index contributed by atoms with van der Waals surface area (Å²) in [4.78, 5) is 2.55. The number of allylic oxidation sites excluding steroid dienone is 1. The molecule has 1 aromatic heterocycles. The lowest BCUT2D eigenvalue weighted by Gasteiger charge is -2.36. The highest BCUT2D eigenvalue weighted by Crippen LogP contribution is 2.41. The summed E-state index contributed by atoms with van der Waals surface area (Å²) in [5.74, 6) is 0. The third-order valence-electron chi connectivity index (χ3n) is 5.99. The number of fused-ring (bicyclic) bond motifs is 1. The van der Waals surface area contributed by atoms with Gasteiger partial charge < -0.3 is 5.11 Å². The van der Waals surface area contributed by atoms with Crippen LogP contribution in [0.2, 0.25) is 0 Å². The van der Waals surface area contributed by atoms with E-state index < -0.39 is 6.10 Å². The van der Waals surface area contributed by atoms with Crippen LogP contribution in [-0.4, -0.2) is 32.9 Å². The number of aliphatic hydroxyl groups excluding tert-OH is 1. The van der Waals surface area contributed by atoms with Gasteiger partial charge in [-0.1, -0.05) is 31.9 Å². The van der Waals surface area contributed by atoms with Crippen LogP contribution in [0.3, 0.4) is 0 Å². The minimum Gasteiger partial charge on any atom is -0.387 e. The van der Waals surface area contributed by atoms with Crippen molar-refractivity contribution in [1.29, 1.82) is 0 Å². The van der Waals surface area contributed by atoms with Gasteiger partial charge in [0, 0.05) is 19.6 Å². The van der Waals surface area contributed by atoms with Crippen LogP contribution in [0.15, 0.2) is 17.2 Å². The molecular weight excluding hydrogens is 298 g/mol. The third-order valence-corrected chi connectivity index (χ3v) is 5.99. The number of hydrogen-bond donors (Lipinski definition) is 1. The molecule has 0 bridgehead atoms. The van der Waals surface area contributed by atoms with Gasteiger partial charge in [-0.3, -0.25) is 9.58 Å². The highest BCUT2D eigenvalue weighted by Gasteiger charge is 2.29. The zero-order valence-electron chi connectivity index (χ0n) is 15.8. The molecule has 1 unspecified atom stereocenters. The van der Waals surface area contributed by atoms with Gasteiger partial charge >= 0.3 is 0 Å². The van der Waals surface area contributed by atoms with Gasteiger partial charge in [0.2, 0.25) is 0 Å². The first kappa shape index (κ1) is 17.7. The third kappa shape index (κ3) is 3.60. The Morgan fingerprint density at radius 2 is 2.12 bits per heavy atom. The van der Waals surface area contributed by atoms with Crippen LogP contribution in [0.4, 0.5) is 0 Å². The fourth-order valence-electron chi connectivity index (χ4n) is 4.40. The average Bonchev–Trinajstić information content (AvgIpc) is 2.96. The molecule has 1 atom stereocenters. The van der Waals surface area contributed by atoms with E-state index in [2.05, 4.69) is 41.5 Å². The zero-order chi connectivity index (χ0) is 17.3. The first-order valence-corrected chi connectivity index (χ1v) is 9.57. The zero-order valence-corrected chi connectivity index (χ0v) is 15.8. The summed E-state index contributed by atoms with van der Waals surface area (Å²) in [5.41, 5.74) is 5.77. The molecule has 0 saturated heterocycles. The van der Waals surface area contributed by atoms with Crippen LogP contribution < -0.4 is 0 Å². The molecule has 0 amide bonds. The number of rotatable bonds is 5. The Labute approximate surface area is 146 Å². The summed E-state index contributed by atoms with van der Waals surface area (Å²) in [6.45, 7) is 13.2. The van der Waals surface area contributed by atoms with E-state index in [4.69, 9.17) is 0 Å². The van der Waals surface area contributed by atoms with Crippen molar-refractivity contribution in [2.24, 2.45) is 5.41 Å². The molecular formula is C20H33N3O. The molecule has 4 nitrogen and oxygen atoms in total. The van der Waals surface area contributed by atoms with Crippen molar-refractivity contribution in [3.05, 3.63) is 28.6 Å². The highest BCUT2D eigenvalue weighted by molar-refractivity contribution is 5.23. The number of nitrogens with zero attached hydrogens (tertiary/aromatic N) is 3. The first-order chi connectivity index (χ1) is 11.4. The summed E-state index contributed by atoms with van der Waals surface area (Å²) in [6.07, 6.45) is 5.44. The fraction of sp³-hybridized carbons (Fsp3) is 0.750. The molecule has 134 valence electrons. The van der Waals surface area contributed by atoms with Crippen LogP contribution in [0, 0.1) is 5.41 Å². The van der Waals surface area contributed by atoms with E-state index in [0.29, 0.717) is 5.41 Å². The van der Waals surface area contributed by atoms with Gasteiger partial charge in [0.05, 0.1) is 24.0 Å². The number of aliphatic hydroxyl groups is 1. The lowest BCUT2D eigenvalue weighted by atomic mass is 9.71. The Bertz CT molecular complexity index is 614. The Kier molecular flexibility index (Phi) is 5.16. The second-order valence-electron chi connectivity index (χ2n) is 8.23. The van der Waals surface area contributed by atoms with Crippen molar-refractivity contribution in [3.63, 3.8) is 0 Å². The van der Waals surface area contributed by atoms with Crippen molar-refractivity contribution in [3.8, 4) is 0 Å². The highest BCUT2D eigenvalue weighted by atomic mass is 16.3. The van der Waals surface area contributed by atoms with Crippen molar-refractivity contribution in [1.82, 2.24) is 14.7 Å². The summed E-state index contributed by atoms with van der Waals surface area (Å²) in [6, 6.07) is 2.09.